The summed E-state index contributed by atoms with van der Waals surface area (Å²) in [6.45, 7) is 0. The Kier molecular flexibility index (Phi) is 7.07. The molecule has 9 aromatic rings. The van der Waals surface area contributed by atoms with Crippen LogP contribution < -0.4 is 4.90 Å². The lowest BCUT2D eigenvalue weighted by molar-refractivity contribution is 1.28. The predicted octanol–water partition coefficient (Wildman–Crippen LogP) is 13.7. The van der Waals surface area contributed by atoms with E-state index in [-0.39, 0.29) is 0 Å². The van der Waals surface area contributed by atoms with Crippen LogP contribution in [0.3, 0.4) is 0 Å². The third-order valence-electron chi connectivity index (χ3n) is 9.26. The molecule has 0 spiro atoms. The van der Waals surface area contributed by atoms with Gasteiger partial charge in [-0.15, -0.1) is 11.3 Å². The van der Waals surface area contributed by atoms with Gasteiger partial charge < -0.3 is 4.90 Å². The van der Waals surface area contributed by atoms with Crippen molar-refractivity contribution in [2.45, 2.75) is 0 Å². The van der Waals surface area contributed by atoms with Crippen LogP contribution in [-0.2, 0) is 0 Å². The number of hydrogen-bond donors (Lipinski definition) is 0. The fourth-order valence-electron chi connectivity index (χ4n) is 6.87. The SMILES string of the molecule is c1ccc(-c2ccccc2-c2ccc(N(c3ccccc3)c3ccc(-c4ccc5cc6sc7ccccc7c6cc5c4)cc3)cc2)cc1. The Morgan fingerprint density at radius 3 is 1.56 bits per heavy atom. The molecule has 0 unspecified atom stereocenters. The number of fused-ring (bicyclic) bond motifs is 4. The minimum absolute atomic E-state index is 1.12. The Hall–Kier alpha value is -5.96. The molecule has 0 radical (unpaired) electrons. The summed E-state index contributed by atoms with van der Waals surface area (Å²) in [6, 6.07) is 68.0. The second-order valence-corrected chi connectivity index (χ2v) is 13.3. The van der Waals surface area contributed by atoms with Crippen molar-refractivity contribution < 1.29 is 0 Å². The van der Waals surface area contributed by atoms with Crippen molar-refractivity contribution in [3.8, 4) is 33.4 Å². The van der Waals surface area contributed by atoms with Crippen LogP contribution in [0.25, 0.3) is 64.3 Å². The lowest BCUT2D eigenvalue weighted by Crippen LogP contribution is -2.09. The van der Waals surface area contributed by atoms with E-state index in [1.807, 2.05) is 11.3 Å². The zero-order valence-corrected chi connectivity index (χ0v) is 27.1. The molecule has 226 valence electrons. The summed E-state index contributed by atoms with van der Waals surface area (Å²) in [6.07, 6.45) is 0. The van der Waals surface area contributed by atoms with Gasteiger partial charge >= 0.3 is 0 Å². The third kappa shape index (κ3) is 5.13. The summed E-state index contributed by atoms with van der Waals surface area (Å²) in [5.74, 6) is 0. The summed E-state index contributed by atoms with van der Waals surface area (Å²) < 4.78 is 2.68. The number of nitrogens with zero attached hydrogens (tertiary/aromatic N) is 1. The van der Waals surface area contributed by atoms with Crippen LogP contribution in [0.5, 0.6) is 0 Å². The van der Waals surface area contributed by atoms with Crippen molar-refractivity contribution >= 4 is 59.3 Å². The maximum absolute atomic E-state index is 2.36. The minimum Gasteiger partial charge on any atom is -0.311 e. The van der Waals surface area contributed by atoms with Crippen LogP contribution in [0, 0.1) is 0 Å². The molecule has 0 bridgehead atoms. The maximum Gasteiger partial charge on any atom is 0.0462 e. The lowest BCUT2D eigenvalue weighted by atomic mass is 9.94. The van der Waals surface area contributed by atoms with Gasteiger partial charge in [0.1, 0.15) is 0 Å². The van der Waals surface area contributed by atoms with Crippen LogP contribution in [0.4, 0.5) is 17.1 Å². The molecule has 1 heterocycles. The summed E-state index contributed by atoms with van der Waals surface area (Å²) >= 11 is 1.87. The highest BCUT2D eigenvalue weighted by molar-refractivity contribution is 7.25. The van der Waals surface area contributed by atoms with Gasteiger partial charge in [0.05, 0.1) is 0 Å². The molecule has 8 aromatic carbocycles. The zero-order chi connectivity index (χ0) is 31.9. The number of benzene rings is 8. The summed E-state index contributed by atoms with van der Waals surface area (Å²) in [5, 5.41) is 5.22. The summed E-state index contributed by atoms with van der Waals surface area (Å²) in [5.41, 5.74) is 10.7. The molecule has 9 rings (SSSR count). The highest BCUT2D eigenvalue weighted by Gasteiger charge is 2.14. The van der Waals surface area contributed by atoms with E-state index < -0.39 is 0 Å². The van der Waals surface area contributed by atoms with Crippen molar-refractivity contribution in [2.24, 2.45) is 0 Å². The van der Waals surface area contributed by atoms with Crippen molar-refractivity contribution in [1.82, 2.24) is 0 Å². The molecule has 0 N–H and O–H groups in total. The normalized spacial score (nSPS) is 11.3. The second-order valence-electron chi connectivity index (χ2n) is 12.2. The topological polar surface area (TPSA) is 3.24 Å². The van der Waals surface area contributed by atoms with Gasteiger partial charge in [0.15, 0.2) is 0 Å². The first-order valence-electron chi connectivity index (χ1n) is 16.3. The highest BCUT2D eigenvalue weighted by Crippen LogP contribution is 2.40. The van der Waals surface area contributed by atoms with Crippen LogP contribution >= 0.6 is 11.3 Å². The van der Waals surface area contributed by atoms with Gasteiger partial charge in [0.2, 0.25) is 0 Å². The Balaban J connectivity index is 1.06. The van der Waals surface area contributed by atoms with Gasteiger partial charge in [-0.25, -0.2) is 0 Å². The molecule has 1 nitrogen and oxygen atoms in total. The first kappa shape index (κ1) is 28.3. The van der Waals surface area contributed by atoms with E-state index in [1.165, 1.54) is 64.3 Å². The Labute approximate surface area is 284 Å². The molecular formula is C46H31NS. The quantitative estimate of drug-likeness (QED) is 0.177. The smallest absolute Gasteiger partial charge is 0.0462 e. The molecule has 48 heavy (non-hydrogen) atoms. The van der Waals surface area contributed by atoms with Crippen LogP contribution in [0.15, 0.2) is 188 Å². The fourth-order valence-corrected chi connectivity index (χ4v) is 8.01. The zero-order valence-electron chi connectivity index (χ0n) is 26.3. The predicted molar refractivity (Wildman–Crippen MR) is 208 cm³/mol. The van der Waals surface area contributed by atoms with Crippen molar-refractivity contribution in [1.29, 1.82) is 0 Å². The van der Waals surface area contributed by atoms with Crippen LogP contribution in [0.1, 0.15) is 0 Å². The van der Waals surface area contributed by atoms with E-state index >= 15 is 0 Å². The summed E-state index contributed by atoms with van der Waals surface area (Å²) in [7, 11) is 0. The van der Waals surface area contributed by atoms with Gasteiger partial charge in [0.25, 0.3) is 0 Å². The average molecular weight is 630 g/mol. The molecule has 0 fully saturated rings. The molecule has 0 aliphatic heterocycles. The Bertz CT molecular complexity index is 2530. The minimum atomic E-state index is 1.12. The molecule has 0 aliphatic carbocycles. The van der Waals surface area contributed by atoms with E-state index in [1.54, 1.807) is 0 Å². The van der Waals surface area contributed by atoms with Crippen molar-refractivity contribution in [3.63, 3.8) is 0 Å². The van der Waals surface area contributed by atoms with Crippen LogP contribution in [0.2, 0.25) is 0 Å². The molecular weight excluding hydrogens is 599 g/mol. The summed E-state index contributed by atoms with van der Waals surface area (Å²) in [4.78, 5) is 2.33. The van der Waals surface area contributed by atoms with E-state index in [0.717, 1.165) is 17.1 Å². The molecule has 2 heteroatoms. The second kappa shape index (κ2) is 12.0. The lowest BCUT2D eigenvalue weighted by Gasteiger charge is -2.26. The van der Waals surface area contributed by atoms with E-state index in [2.05, 4.69) is 193 Å². The number of rotatable bonds is 6. The Morgan fingerprint density at radius 2 is 0.854 bits per heavy atom. The Morgan fingerprint density at radius 1 is 0.312 bits per heavy atom. The van der Waals surface area contributed by atoms with Gasteiger partial charge in [-0.3, -0.25) is 0 Å². The molecule has 0 aliphatic rings. The molecule has 0 amide bonds. The molecule has 1 aromatic heterocycles. The van der Waals surface area contributed by atoms with Crippen LogP contribution in [-0.4, -0.2) is 0 Å². The van der Waals surface area contributed by atoms with E-state index in [4.69, 9.17) is 0 Å². The van der Waals surface area contributed by atoms with Gasteiger partial charge in [-0.2, -0.15) is 0 Å². The first-order valence-corrected chi connectivity index (χ1v) is 17.2. The fraction of sp³-hybridized carbons (Fsp3) is 0. The monoisotopic (exact) mass is 629 g/mol. The van der Waals surface area contributed by atoms with Gasteiger partial charge in [-0.05, 0) is 105 Å². The first-order chi connectivity index (χ1) is 23.8. The van der Waals surface area contributed by atoms with Crippen molar-refractivity contribution in [2.75, 3.05) is 4.90 Å². The van der Waals surface area contributed by atoms with Gasteiger partial charge in [0, 0.05) is 37.2 Å². The number of thiophene rings is 1. The number of anilines is 3. The van der Waals surface area contributed by atoms with E-state index in [0.29, 0.717) is 0 Å². The standard InChI is InChI=1S/C46H31NS/c1-3-11-33(12-4-1)41-15-7-8-16-42(41)34-23-27-40(28-24-34)47(38-13-5-2-6-14-38)39-25-21-32(22-26-39)35-19-20-36-31-46-44(30-37(36)29-35)43-17-9-10-18-45(43)48-46/h1-31H. The molecule has 0 saturated carbocycles. The third-order valence-corrected chi connectivity index (χ3v) is 10.4. The van der Waals surface area contributed by atoms with Gasteiger partial charge in [-0.1, -0.05) is 127 Å². The average Bonchev–Trinajstić information content (AvgIpc) is 3.52. The highest BCUT2D eigenvalue weighted by atomic mass is 32.1. The largest absolute Gasteiger partial charge is 0.311 e. The van der Waals surface area contributed by atoms with Crippen molar-refractivity contribution in [3.05, 3.63) is 188 Å². The number of hydrogen-bond acceptors (Lipinski definition) is 2. The molecule has 0 saturated heterocycles. The van der Waals surface area contributed by atoms with E-state index in [9.17, 15) is 0 Å². The maximum atomic E-state index is 2.36. The number of para-hydroxylation sites is 1. The molecule has 0 atom stereocenters.